The molecule has 0 N–H and O–H groups in total. The van der Waals surface area contributed by atoms with Crippen molar-refractivity contribution in [1.82, 2.24) is 0 Å². The lowest BCUT2D eigenvalue weighted by Gasteiger charge is -1.71. The largest absolute Gasteiger partial charge is 0.0908 e. The highest BCUT2D eigenvalue weighted by molar-refractivity contribution is 5.21. The molecule has 0 amide bonds. The molecule has 0 fully saturated rings. The van der Waals surface area contributed by atoms with E-state index in [0.717, 1.165) is 5.92 Å². The third kappa shape index (κ3) is 0.713. The van der Waals surface area contributed by atoms with E-state index in [9.17, 15) is 0 Å². The van der Waals surface area contributed by atoms with Gasteiger partial charge in [-0.1, -0.05) is 24.3 Å². The first-order chi connectivity index (χ1) is 2.93. The summed E-state index contributed by atoms with van der Waals surface area (Å²) in [6, 6.07) is 0. The van der Waals surface area contributed by atoms with Gasteiger partial charge in [0.1, 0.15) is 0 Å². The summed E-state index contributed by atoms with van der Waals surface area (Å²) in [7, 11) is 0. The Balaban J connectivity index is 2.19. The van der Waals surface area contributed by atoms with Gasteiger partial charge in [-0.25, -0.2) is 0 Å². The number of hydrogen-bond acceptors (Lipinski definition) is 0. The summed E-state index contributed by atoms with van der Waals surface area (Å²) in [6.07, 6.45) is 8.57. The molecule has 1 rings (SSSR count). The van der Waals surface area contributed by atoms with E-state index in [-0.39, 0.29) is 0 Å². The molecule has 0 radical (unpaired) electrons. The lowest BCUT2D eigenvalue weighted by atomic mass is 10.3. The van der Waals surface area contributed by atoms with Gasteiger partial charge in [-0.3, -0.25) is 0 Å². The lowest BCUT2D eigenvalue weighted by Crippen LogP contribution is -1.58. The van der Waals surface area contributed by atoms with Gasteiger partial charge < -0.3 is 0 Å². The molecule has 0 aromatic rings. The van der Waals surface area contributed by atoms with Crippen LogP contribution in [-0.2, 0) is 0 Å². The third-order valence-corrected chi connectivity index (χ3v) is 0.829. The van der Waals surface area contributed by atoms with Crippen LogP contribution in [0.1, 0.15) is 6.92 Å². The molecule has 0 heterocycles. The second-order valence-corrected chi connectivity index (χ2v) is 1.49. The summed E-state index contributed by atoms with van der Waals surface area (Å²) >= 11 is 0. The summed E-state index contributed by atoms with van der Waals surface area (Å²) in [4.78, 5) is 0. The van der Waals surface area contributed by atoms with Crippen LogP contribution in [0.25, 0.3) is 0 Å². The second kappa shape index (κ2) is 1.29. The van der Waals surface area contributed by atoms with Crippen LogP contribution >= 0.6 is 0 Å². The summed E-state index contributed by atoms with van der Waals surface area (Å²) in [5, 5.41) is 0. The topological polar surface area (TPSA) is 0 Å². The van der Waals surface area contributed by atoms with Gasteiger partial charge in [0.05, 0.1) is 0 Å². The van der Waals surface area contributed by atoms with Crippen molar-refractivity contribution in [3.05, 3.63) is 24.3 Å². The summed E-state index contributed by atoms with van der Waals surface area (Å²) in [5.74, 6) is 0.718. The molecule has 0 heteroatoms. The Morgan fingerprint density at radius 1 is 1.50 bits per heavy atom. The minimum atomic E-state index is 0.718. The standard InChI is InChI=1S/C6H8/c1-2-3-6-4-5-6/h2-6H,1H3. The molecule has 0 spiro atoms. The average Bonchev–Trinajstić information content (AvgIpc) is 2.21. The Bertz CT molecular complexity index is 82.2. The summed E-state index contributed by atoms with van der Waals surface area (Å²) in [6.45, 7) is 2.04. The van der Waals surface area contributed by atoms with E-state index >= 15 is 0 Å². The molecule has 6 heavy (non-hydrogen) atoms. The van der Waals surface area contributed by atoms with E-state index in [4.69, 9.17) is 0 Å². The molecule has 0 atom stereocenters. The molecule has 0 aromatic carbocycles. The highest BCUT2D eigenvalue weighted by atomic mass is 14.1. The highest BCUT2D eigenvalue weighted by Gasteiger charge is 2.02. The van der Waals surface area contributed by atoms with E-state index in [2.05, 4.69) is 24.3 Å². The van der Waals surface area contributed by atoms with Crippen LogP contribution in [0.15, 0.2) is 24.3 Å². The van der Waals surface area contributed by atoms with Crippen molar-refractivity contribution in [2.24, 2.45) is 5.92 Å². The quantitative estimate of drug-likeness (QED) is 0.421. The number of hydrogen-bond donors (Lipinski definition) is 0. The second-order valence-electron chi connectivity index (χ2n) is 1.49. The Morgan fingerprint density at radius 2 is 2.17 bits per heavy atom. The molecular formula is C6H8. The SMILES string of the molecule is CC=CC1C=C1. The minimum Gasteiger partial charge on any atom is -0.0908 e. The maximum absolute atomic E-state index is 2.17. The zero-order chi connectivity index (χ0) is 4.41. The average molecular weight is 80.1 g/mol. The molecule has 0 bridgehead atoms. The third-order valence-electron chi connectivity index (χ3n) is 0.829. The van der Waals surface area contributed by atoms with E-state index < -0.39 is 0 Å². The normalized spacial score (nSPS) is 20.2. The molecule has 32 valence electrons. The fourth-order valence-electron chi connectivity index (χ4n) is 0.415. The van der Waals surface area contributed by atoms with Gasteiger partial charge in [-0.05, 0) is 6.92 Å². The molecular weight excluding hydrogens is 72.1 g/mol. The maximum Gasteiger partial charge on any atom is 0.0128 e. The van der Waals surface area contributed by atoms with Crippen molar-refractivity contribution in [2.75, 3.05) is 0 Å². The van der Waals surface area contributed by atoms with E-state index in [1.807, 2.05) is 6.92 Å². The van der Waals surface area contributed by atoms with Gasteiger partial charge in [0.15, 0.2) is 0 Å². The van der Waals surface area contributed by atoms with Crippen molar-refractivity contribution in [1.29, 1.82) is 0 Å². The Labute approximate surface area is 38.2 Å². The molecule has 1 aliphatic carbocycles. The predicted molar refractivity (Wildman–Crippen MR) is 27.4 cm³/mol. The van der Waals surface area contributed by atoms with Crippen molar-refractivity contribution in [2.45, 2.75) is 6.92 Å². The lowest BCUT2D eigenvalue weighted by molar-refractivity contribution is 1.24. The predicted octanol–water partition coefficient (Wildman–Crippen LogP) is 1.75. The minimum absolute atomic E-state index is 0.718. The van der Waals surface area contributed by atoms with E-state index in [1.165, 1.54) is 0 Å². The van der Waals surface area contributed by atoms with E-state index in [1.54, 1.807) is 0 Å². The van der Waals surface area contributed by atoms with Crippen LogP contribution in [-0.4, -0.2) is 0 Å². The number of allylic oxidation sites excluding steroid dienone is 4. The Kier molecular flexibility index (Phi) is 0.789. The monoisotopic (exact) mass is 80.1 g/mol. The highest BCUT2D eigenvalue weighted by Crippen LogP contribution is 2.15. The van der Waals surface area contributed by atoms with E-state index in [0.29, 0.717) is 0 Å². The van der Waals surface area contributed by atoms with Crippen molar-refractivity contribution in [3.8, 4) is 0 Å². The van der Waals surface area contributed by atoms with Crippen molar-refractivity contribution < 1.29 is 0 Å². The zero-order valence-electron chi connectivity index (χ0n) is 3.89. The van der Waals surface area contributed by atoms with Crippen molar-refractivity contribution in [3.63, 3.8) is 0 Å². The number of rotatable bonds is 1. The molecule has 0 aliphatic heterocycles. The van der Waals surface area contributed by atoms with Crippen LogP contribution in [0.3, 0.4) is 0 Å². The Hall–Kier alpha value is -0.520. The first kappa shape index (κ1) is 3.66. The first-order valence-electron chi connectivity index (χ1n) is 2.24. The smallest absolute Gasteiger partial charge is 0.0128 e. The van der Waals surface area contributed by atoms with Gasteiger partial charge in [0.2, 0.25) is 0 Å². The molecule has 0 unspecified atom stereocenters. The molecule has 0 aromatic heterocycles. The van der Waals surface area contributed by atoms with Gasteiger partial charge >= 0.3 is 0 Å². The van der Waals surface area contributed by atoms with Crippen LogP contribution in [0.4, 0.5) is 0 Å². The first-order valence-corrected chi connectivity index (χ1v) is 2.24. The molecule has 1 aliphatic rings. The molecule has 0 saturated carbocycles. The summed E-state index contributed by atoms with van der Waals surface area (Å²) < 4.78 is 0. The Morgan fingerprint density at radius 3 is 2.33 bits per heavy atom. The van der Waals surface area contributed by atoms with Crippen molar-refractivity contribution >= 4 is 0 Å². The van der Waals surface area contributed by atoms with Gasteiger partial charge in [0.25, 0.3) is 0 Å². The molecule has 0 nitrogen and oxygen atoms in total. The fraction of sp³-hybridized carbons (Fsp3) is 0.333. The van der Waals surface area contributed by atoms with Crippen LogP contribution in [0.2, 0.25) is 0 Å². The van der Waals surface area contributed by atoms with Gasteiger partial charge in [-0.2, -0.15) is 0 Å². The van der Waals surface area contributed by atoms with Crippen LogP contribution < -0.4 is 0 Å². The van der Waals surface area contributed by atoms with Gasteiger partial charge in [-0.15, -0.1) is 0 Å². The zero-order valence-corrected chi connectivity index (χ0v) is 3.89. The maximum atomic E-state index is 2.17. The summed E-state index contributed by atoms with van der Waals surface area (Å²) in [5.41, 5.74) is 0. The fourth-order valence-corrected chi connectivity index (χ4v) is 0.415. The van der Waals surface area contributed by atoms with Crippen LogP contribution in [0.5, 0.6) is 0 Å². The van der Waals surface area contributed by atoms with Crippen LogP contribution in [0, 0.1) is 5.92 Å². The molecule has 0 saturated heterocycles. The van der Waals surface area contributed by atoms with Gasteiger partial charge in [0, 0.05) is 5.92 Å².